The van der Waals surface area contributed by atoms with Crippen LogP contribution >= 0.6 is 0 Å². The summed E-state index contributed by atoms with van der Waals surface area (Å²) in [6.45, 7) is 2.58. The maximum Gasteiger partial charge on any atom is 0.213 e. The van der Waals surface area contributed by atoms with Crippen LogP contribution in [0.15, 0.2) is 69.9 Å². The first-order valence-electron chi connectivity index (χ1n) is 10.4. The highest BCUT2D eigenvalue weighted by Crippen LogP contribution is 2.30. The highest BCUT2D eigenvalue weighted by Gasteiger charge is 2.18. The smallest absolute Gasteiger partial charge is 0.213 e. The molecule has 0 bridgehead atoms. The monoisotopic (exact) mass is 420 g/mol. The molecule has 1 fully saturated rings. The minimum atomic E-state index is -0.155. The molecule has 0 radical (unpaired) electrons. The van der Waals surface area contributed by atoms with Crippen molar-refractivity contribution in [2.45, 2.75) is 12.5 Å². The Hall–Kier alpha value is -3.13. The van der Waals surface area contributed by atoms with E-state index in [2.05, 4.69) is 22.6 Å². The zero-order chi connectivity index (χ0) is 21.0. The van der Waals surface area contributed by atoms with E-state index in [9.17, 15) is 5.21 Å². The quantitative estimate of drug-likeness (QED) is 0.467. The molecular formula is C24H24N2O5. The van der Waals surface area contributed by atoms with E-state index in [1.165, 1.54) is 5.56 Å². The van der Waals surface area contributed by atoms with Crippen LogP contribution in [-0.4, -0.2) is 50.0 Å². The second-order valence-corrected chi connectivity index (χ2v) is 7.54. The SMILES string of the molecule is ONC(=CC1=NCCc2cc(-c3cc4ccccc4o3)ccc21)OCC1COCCO1. The molecule has 3 aromatic rings. The summed E-state index contributed by atoms with van der Waals surface area (Å²) in [5, 5.41) is 10.6. The predicted octanol–water partition coefficient (Wildman–Crippen LogP) is 3.70. The van der Waals surface area contributed by atoms with Crippen molar-refractivity contribution in [3.8, 4) is 11.3 Å². The number of nitrogens with zero attached hydrogens (tertiary/aromatic N) is 1. The number of nitrogens with one attached hydrogen (secondary N) is 1. The van der Waals surface area contributed by atoms with Crippen LogP contribution in [0.2, 0.25) is 0 Å². The molecule has 0 spiro atoms. The molecule has 160 valence electrons. The number of para-hydroxylation sites is 1. The third kappa shape index (κ3) is 4.34. The molecule has 0 saturated carbocycles. The second kappa shape index (κ2) is 8.93. The fourth-order valence-electron chi connectivity index (χ4n) is 3.88. The van der Waals surface area contributed by atoms with Gasteiger partial charge in [0.05, 0.1) is 25.5 Å². The highest BCUT2D eigenvalue weighted by atomic mass is 16.6. The van der Waals surface area contributed by atoms with Gasteiger partial charge in [0, 0.05) is 29.1 Å². The van der Waals surface area contributed by atoms with Crippen LogP contribution in [0.5, 0.6) is 0 Å². The summed E-state index contributed by atoms with van der Waals surface area (Å²) in [4.78, 5) is 4.62. The van der Waals surface area contributed by atoms with Gasteiger partial charge in [0.2, 0.25) is 5.88 Å². The molecule has 31 heavy (non-hydrogen) atoms. The van der Waals surface area contributed by atoms with E-state index in [1.807, 2.05) is 36.4 Å². The summed E-state index contributed by atoms with van der Waals surface area (Å²) in [7, 11) is 0. The van der Waals surface area contributed by atoms with Gasteiger partial charge in [-0.25, -0.2) is 5.48 Å². The van der Waals surface area contributed by atoms with E-state index in [0.29, 0.717) is 26.4 Å². The van der Waals surface area contributed by atoms with Gasteiger partial charge in [-0.05, 0) is 30.2 Å². The predicted molar refractivity (Wildman–Crippen MR) is 116 cm³/mol. The average Bonchev–Trinajstić information content (AvgIpc) is 3.26. The van der Waals surface area contributed by atoms with E-state index in [1.54, 1.807) is 6.08 Å². The van der Waals surface area contributed by atoms with Gasteiger partial charge in [-0.1, -0.05) is 30.3 Å². The number of hydrogen-bond acceptors (Lipinski definition) is 7. The summed E-state index contributed by atoms with van der Waals surface area (Å²) in [6.07, 6.45) is 2.40. The average molecular weight is 420 g/mol. The van der Waals surface area contributed by atoms with Crippen LogP contribution in [0.4, 0.5) is 0 Å². The number of ether oxygens (including phenoxy) is 3. The van der Waals surface area contributed by atoms with Gasteiger partial charge in [-0.15, -0.1) is 0 Å². The van der Waals surface area contributed by atoms with Gasteiger partial charge >= 0.3 is 0 Å². The molecule has 1 unspecified atom stereocenters. The molecule has 2 aromatic carbocycles. The molecule has 2 aliphatic heterocycles. The molecule has 0 aliphatic carbocycles. The Morgan fingerprint density at radius 2 is 2.13 bits per heavy atom. The van der Waals surface area contributed by atoms with E-state index in [-0.39, 0.29) is 18.6 Å². The largest absolute Gasteiger partial charge is 0.475 e. The van der Waals surface area contributed by atoms with E-state index >= 15 is 0 Å². The summed E-state index contributed by atoms with van der Waals surface area (Å²) >= 11 is 0. The fraction of sp³-hybridized carbons (Fsp3) is 0.292. The minimum absolute atomic E-state index is 0.155. The van der Waals surface area contributed by atoms with Crippen molar-refractivity contribution in [2.75, 3.05) is 33.0 Å². The maximum atomic E-state index is 9.51. The zero-order valence-electron chi connectivity index (χ0n) is 17.0. The minimum Gasteiger partial charge on any atom is -0.475 e. The Labute approximate surface area is 179 Å². The molecule has 1 aromatic heterocycles. The lowest BCUT2D eigenvalue weighted by Crippen LogP contribution is -2.33. The molecule has 7 nitrogen and oxygen atoms in total. The van der Waals surface area contributed by atoms with Crippen LogP contribution in [0.1, 0.15) is 11.1 Å². The summed E-state index contributed by atoms with van der Waals surface area (Å²) < 4.78 is 22.6. The van der Waals surface area contributed by atoms with Crippen LogP contribution in [-0.2, 0) is 20.6 Å². The number of furan rings is 1. The van der Waals surface area contributed by atoms with Crippen molar-refractivity contribution >= 4 is 16.7 Å². The molecule has 7 heteroatoms. The molecule has 1 saturated heterocycles. The van der Waals surface area contributed by atoms with E-state index < -0.39 is 0 Å². The maximum absolute atomic E-state index is 9.51. The Kier molecular flexibility index (Phi) is 5.71. The number of hydroxylamine groups is 1. The molecule has 5 rings (SSSR count). The Morgan fingerprint density at radius 1 is 1.19 bits per heavy atom. The third-order valence-electron chi connectivity index (χ3n) is 5.44. The normalized spacial score (nSPS) is 19.1. The standard InChI is InChI=1S/C24H24N2O5/c27-26-24(30-15-19-14-28-9-10-29-19)13-21-20-6-5-18(11-16(20)7-8-25-21)23-12-17-3-1-2-4-22(17)31-23/h1-6,11-13,19,26-27H,7-10,14-15H2. The number of fused-ring (bicyclic) bond motifs is 2. The van der Waals surface area contributed by atoms with Crippen LogP contribution < -0.4 is 5.48 Å². The third-order valence-corrected chi connectivity index (χ3v) is 5.44. The van der Waals surface area contributed by atoms with Gasteiger partial charge in [0.25, 0.3) is 0 Å². The number of allylic oxidation sites excluding steroid dienone is 1. The molecule has 2 aliphatic rings. The number of hydrogen-bond donors (Lipinski definition) is 2. The summed E-state index contributed by atoms with van der Waals surface area (Å²) in [6, 6.07) is 16.3. The van der Waals surface area contributed by atoms with Gasteiger partial charge in [-0.3, -0.25) is 10.2 Å². The van der Waals surface area contributed by atoms with Gasteiger partial charge in [-0.2, -0.15) is 0 Å². The lowest BCUT2D eigenvalue weighted by molar-refractivity contribution is -0.112. The van der Waals surface area contributed by atoms with Crippen molar-refractivity contribution in [3.05, 3.63) is 71.6 Å². The fourth-order valence-corrected chi connectivity index (χ4v) is 3.88. The lowest BCUT2D eigenvalue weighted by atomic mass is 9.94. The van der Waals surface area contributed by atoms with E-state index in [0.717, 1.165) is 40.0 Å². The molecule has 1 atom stereocenters. The van der Waals surface area contributed by atoms with Crippen LogP contribution in [0.3, 0.4) is 0 Å². The highest BCUT2D eigenvalue weighted by molar-refractivity contribution is 6.10. The van der Waals surface area contributed by atoms with Crippen molar-refractivity contribution in [1.29, 1.82) is 0 Å². The Bertz CT molecular complexity index is 1090. The second-order valence-electron chi connectivity index (χ2n) is 7.54. The summed E-state index contributed by atoms with van der Waals surface area (Å²) in [5.74, 6) is 1.07. The van der Waals surface area contributed by atoms with Crippen molar-refractivity contribution in [2.24, 2.45) is 4.99 Å². The number of aliphatic imine (C=N–C) groups is 1. The Morgan fingerprint density at radius 3 is 2.97 bits per heavy atom. The van der Waals surface area contributed by atoms with Crippen molar-refractivity contribution in [1.82, 2.24) is 5.48 Å². The van der Waals surface area contributed by atoms with Crippen LogP contribution in [0, 0.1) is 0 Å². The van der Waals surface area contributed by atoms with Gasteiger partial charge in [0.1, 0.15) is 24.1 Å². The van der Waals surface area contributed by atoms with Gasteiger partial charge < -0.3 is 18.6 Å². The zero-order valence-corrected chi connectivity index (χ0v) is 17.0. The molecule has 0 amide bonds. The molecule has 3 heterocycles. The molecular weight excluding hydrogens is 396 g/mol. The van der Waals surface area contributed by atoms with Gasteiger partial charge in [0.15, 0.2) is 0 Å². The molecule has 2 N–H and O–H groups in total. The summed E-state index contributed by atoms with van der Waals surface area (Å²) in [5.41, 5.74) is 6.98. The number of benzene rings is 2. The lowest BCUT2D eigenvalue weighted by Gasteiger charge is -2.23. The van der Waals surface area contributed by atoms with Crippen molar-refractivity contribution in [3.63, 3.8) is 0 Å². The first-order chi connectivity index (χ1) is 15.3. The Balaban J connectivity index is 1.36. The number of rotatable bonds is 6. The topological polar surface area (TPSA) is 85.5 Å². The first-order valence-corrected chi connectivity index (χ1v) is 10.4. The van der Waals surface area contributed by atoms with Crippen LogP contribution in [0.25, 0.3) is 22.3 Å². The van der Waals surface area contributed by atoms with Crippen molar-refractivity contribution < 1.29 is 23.8 Å². The first kappa shape index (κ1) is 19.8. The van der Waals surface area contributed by atoms with E-state index in [4.69, 9.17) is 18.6 Å².